The lowest BCUT2D eigenvalue weighted by molar-refractivity contribution is 0.00518. The first-order chi connectivity index (χ1) is 20.0. The number of unbranched alkanes of at least 4 members (excludes halogenated alkanes) is 1. The SMILES string of the molecule is CC(C)NC(=O)N(CCCCNS(=O)(=O)c1ccc(Cl)cc1Cl)C[C@H](CN1CCOCC1)OC(=O)Nc1ccccc1. The Labute approximate surface area is 257 Å². The molecule has 0 aliphatic carbocycles. The first-order valence-electron chi connectivity index (χ1n) is 13.9. The molecule has 0 radical (unpaired) electrons. The Morgan fingerprint density at radius 3 is 2.45 bits per heavy atom. The van der Waals surface area contributed by atoms with Crippen molar-refractivity contribution in [3.8, 4) is 0 Å². The van der Waals surface area contributed by atoms with Crippen LogP contribution in [0.3, 0.4) is 0 Å². The van der Waals surface area contributed by atoms with Crippen LogP contribution in [-0.4, -0.2) is 95.0 Å². The molecule has 2 aromatic rings. The Balaban J connectivity index is 1.62. The van der Waals surface area contributed by atoms with Crippen LogP contribution in [-0.2, 0) is 19.5 Å². The molecular weight excluding hydrogens is 605 g/mol. The summed E-state index contributed by atoms with van der Waals surface area (Å²) in [6.45, 7) is 7.33. The van der Waals surface area contributed by atoms with Gasteiger partial charge in [0, 0.05) is 49.5 Å². The van der Waals surface area contributed by atoms with Crippen molar-refractivity contribution in [2.75, 3.05) is 57.8 Å². The van der Waals surface area contributed by atoms with E-state index in [1.165, 1.54) is 18.2 Å². The Morgan fingerprint density at radius 1 is 1.07 bits per heavy atom. The fraction of sp³-hybridized carbons (Fsp3) is 0.500. The monoisotopic (exact) mass is 643 g/mol. The van der Waals surface area contributed by atoms with Gasteiger partial charge in [-0.2, -0.15) is 0 Å². The number of nitrogens with zero attached hydrogens (tertiary/aromatic N) is 2. The number of carbonyl (C=O) groups excluding carboxylic acids is 2. The van der Waals surface area contributed by atoms with Gasteiger partial charge in [-0.1, -0.05) is 41.4 Å². The number of morpholine rings is 1. The van der Waals surface area contributed by atoms with E-state index in [1.807, 2.05) is 32.0 Å². The minimum atomic E-state index is -3.83. The van der Waals surface area contributed by atoms with E-state index in [1.54, 1.807) is 17.0 Å². The predicted molar refractivity (Wildman–Crippen MR) is 164 cm³/mol. The van der Waals surface area contributed by atoms with Gasteiger partial charge in [0.1, 0.15) is 11.0 Å². The van der Waals surface area contributed by atoms with Gasteiger partial charge in [-0.3, -0.25) is 10.2 Å². The van der Waals surface area contributed by atoms with Crippen LogP contribution in [0.5, 0.6) is 0 Å². The Kier molecular flexibility index (Phi) is 13.6. The minimum absolute atomic E-state index is 0.0362. The summed E-state index contributed by atoms with van der Waals surface area (Å²) in [4.78, 5) is 29.6. The number of urea groups is 1. The lowest BCUT2D eigenvalue weighted by Crippen LogP contribution is -2.51. The standard InChI is InChI=1S/C28H39Cl2N5O6S/c1-21(2)32-27(36)35(13-7-6-12-31-42(38,39)26-11-10-22(29)18-25(26)30)20-24(19-34-14-16-40-17-15-34)41-28(37)33-23-8-4-3-5-9-23/h3-5,8-11,18,21,24,31H,6-7,12-17,19-20H2,1-2H3,(H,32,36)(H,33,37)/t24-/m0/s1. The number of benzene rings is 2. The molecule has 1 aliphatic heterocycles. The Bertz CT molecular complexity index is 1260. The second-order valence-corrected chi connectivity index (χ2v) is 12.7. The second kappa shape index (κ2) is 16.9. The summed E-state index contributed by atoms with van der Waals surface area (Å²) < 4.78 is 39.2. The third-order valence-electron chi connectivity index (χ3n) is 6.31. The van der Waals surface area contributed by atoms with Crippen LogP contribution in [0.2, 0.25) is 10.0 Å². The molecule has 232 valence electrons. The van der Waals surface area contributed by atoms with E-state index in [4.69, 9.17) is 32.7 Å². The highest BCUT2D eigenvalue weighted by molar-refractivity contribution is 7.89. The Morgan fingerprint density at radius 2 is 1.79 bits per heavy atom. The quantitative estimate of drug-likeness (QED) is 0.260. The van der Waals surface area contributed by atoms with Gasteiger partial charge < -0.3 is 19.7 Å². The molecule has 0 unspecified atom stereocenters. The zero-order valence-corrected chi connectivity index (χ0v) is 26.2. The maximum absolute atomic E-state index is 13.1. The maximum atomic E-state index is 13.1. The van der Waals surface area contributed by atoms with Crippen LogP contribution < -0.4 is 15.4 Å². The normalized spacial score (nSPS) is 14.8. The third kappa shape index (κ3) is 11.6. The van der Waals surface area contributed by atoms with Gasteiger partial charge in [0.15, 0.2) is 0 Å². The van der Waals surface area contributed by atoms with Crippen molar-refractivity contribution in [3.63, 3.8) is 0 Å². The molecular formula is C28H39Cl2N5O6S. The second-order valence-electron chi connectivity index (χ2n) is 10.2. The highest BCUT2D eigenvalue weighted by atomic mass is 35.5. The number of rotatable bonds is 14. The summed E-state index contributed by atoms with van der Waals surface area (Å²) in [7, 11) is -3.83. The minimum Gasteiger partial charge on any atom is -0.443 e. The van der Waals surface area contributed by atoms with Gasteiger partial charge in [-0.15, -0.1) is 0 Å². The van der Waals surface area contributed by atoms with Crippen LogP contribution >= 0.6 is 23.2 Å². The molecule has 42 heavy (non-hydrogen) atoms. The van der Waals surface area contributed by atoms with Gasteiger partial charge in [0.2, 0.25) is 10.0 Å². The topological polar surface area (TPSA) is 129 Å². The average Bonchev–Trinajstić information content (AvgIpc) is 2.92. The van der Waals surface area contributed by atoms with Crippen molar-refractivity contribution in [1.82, 2.24) is 19.8 Å². The molecule has 2 aromatic carbocycles. The summed E-state index contributed by atoms with van der Waals surface area (Å²) in [6.07, 6.45) is -0.267. The first kappa shape index (κ1) is 33.9. The summed E-state index contributed by atoms with van der Waals surface area (Å²) >= 11 is 11.9. The zero-order valence-electron chi connectivity index (χ0n) is 23.9. The molecule has 0 saturated carbocycles. The summed E-state index contributed by atoms with van der Waals surface area (Å²) in [5, 5.41) is 6.01. The highest BCUT2D eigenvalue weighted by Crippen LogP contribution is 2.24. The fourth-order valence-corrected chi connectivity index (χ4v) is 6.13. The first-order valence-corrected chi connectivity index (χ1v) is 16.1. The van der Waals surface area contributed by atoms with Crippen molar-refractivity contribution in [2.45, 2.75) is 43.7 Å². The molecule has 3 rings (SSSR count). The van der Waals surface area contributed by atoms with Crippen molar-refractivity contribution < 1.29 is 27.5 Å². The highest BCUT2D eigenvalue weighted by Gasteiger charge is 2.26. The summed E-state index contributed by atoms with van der Waals surface area (Å²) in [6, 6.07) is 12.8. The number of hydrogen-bond acceptors (Lipinski definition) is 7. The van der Waals surface area contributed by atoms with E-state index in [2.05, 4.69) is 20.3 Å². The Hall–Kier alpha value is -2.61. The van der Waals surface area contributed by atoms with Crippen molar-refractivity contribution in [3.05, 3.63) is 58.6 Å². The van der Waals surface area contributed by atoms with E-state index in [9.17, 15) is 18.0 Å². The van der Waals surface area contributed by atoms with Gasteiger partial charge in [-0.05, 0) is 57.0 Å². The van der Waals surface area contributed by atoms with Crippen LogP contribution in [0.1, 0.15) is 26.7 Å². The fourth-order valence-electron chi connectivity index (χ4n) is 4.29. The largest absolute Gasteiger partial charge is 0.443 e. The van der Waals surface area contributed by atoms with Crippen molar-refractivity contribution >= 4 is 51.0 Å². The molecule has 1 fully saturated rings. The van der Waals surface area contributed by atoms with E-state index in [0.29, 0.717) is 62.9 Å². The molecule has 1 saturated heterocycles. The number of amides is 3. The van der Waals surface area contributed by atoms with E-state index in [-0.39, 0.29) is 35.1 Å². The van der Waals surface area contributed by atoms with Crippen LogP contribution in [0.4, 0.5) is 15.3 Å². The molecule has 14 heteroatoms. The maximum Gasteiger partial charge on any atom is 0.412 e. The smallest absolute Gasteiger partial charge is 0.412 e. The lowest BCUT2D eigenvalue weighted by atomic mass is 10.2. The number of sulfonamides is 1. The van der Waals surface area contributed by atoms with Gasteiger partial charge in [-0.25, -0.2) is 22.7 Å². The molecule has 11 nitrogen and oxygen atoms in total. The number of ether oxygens (including phenoxy) is 2. The van der Waals surface area contributed by atoms with Gasteiger partial charge in [0.25, 0.3) is 0 Å². The number of halogens is 2. The van der Waals surface area contributed by atoms with Crippen LogP contribution in [0.25, 0.3) is 0 Å². The molecule has 3 amide bonds. The number of carbonyl (C=O) groups is 2. The molecule has 1 heterocycles. The lowest BCUT2D eigenvalue weighted by Gasteiger charge is -2.33. The summed E-state index contributed by atoms with van der Waals surface area (Å²) in [5.41, 5.74) is 0.601. The number of para-hydroxylation sites is 1. The van der Waals surface area contributed by atoms with Crippen molar-refractivity contribution in [1.29, 1.82) is 0 Å². The molecule has 0 aromatic heterocycles. The van der Waals surface area contributed by atoms with E-state index < -0.39 is 22.2 Å². The molecule has 0 spiro atoms. The van der Waals surface area contributed by atoms with E-state index >= 15 is 0 Å². The van der Waals surface area contributed by atoms with E-state index in [0.717, 1.165) is 0 Å². The number of nitrogens with one attached hydrogen (secondary N) is 3. The zero-order chi connectivity index (χ0) is 30.5. The number of hydrogen-bond donors (Lipinski definition) is 3. The van der Waals surface area contributed by atoms with Gasteiger partial charge in [0.05, 0.1) is 24.8 Å². The van der Waals surface area contributed by atoms with Crippen molar-refractivity contribution in [2.24, 2.45) is 0 Å². The average molecular weight is 645 g/mol. The molecule has 3 N–H and O–H groups in total. The molecule has 1 atom stereocenters. The summed E-state index contributed by atoms with van der Waals surface area (Å²) in [5.74, 6) is 0. The third-order valence-corrected chi connectivity index (χ3v) is 8.49. The predicted octanol–water partition coefficient (Wildman–Crippen LogP) is 4.42. The van der Waals surface area contributed by atoms with Gasteiger partial charge >= 0.3 is 12.1 Å². The van der Waals surface area contributed by atoms with Crippen LogP contribution in [0, 0.1) is 0 Å². The number of anilines is 1. The molecule has 1 aliphatic rings. The molecule has 0 bridgehead atoms. The van der Waals surface area contributed by atoms with Crippen LogP contribution in [0.15, 0.2) is 53.4 Å².